The molecule has 0 fully saturated rings. The predicted molar refractivity (Wildman–Crippen MR) is 43.6 cm³/mol. The molecule has 0 aliphatic heterocycles. The van der Waals surface area contributed by atoms with Gasteiger partial charge in [0.1, 0.15) is 0 Å². The van der Waals surface area contributed by atoms with Crippen LogP contribution in [0, 0.1) is 0 Å². The second-order valence-electron chi connectivity index (χ2n) is 2.55. The van der Waals surface area contributed by atoms with Gasteiger partial charge in [-0.2, -0.15) is 0 Å². The maximum absolute atomic E-state index is 11.0. The molecule has 0 aromatic carbocycles. The third-order valence-corrected chi connectivity index (χ3v) is 1.47. The highest BCUT2D eigenvalue weighted by Crippen LogP contribution is 2.02. The molecule has 0 bridgehead atoms. The lowest BCUT2D eigenvalue weighted by molar-refractivity contribution is 0.797. The Labute approximate surface area is 66.5 Å². The normalized spacial score (nSPS) is 12.9. The van der Waals surface area contributed by atoms with Gasteiger partial charge in [-0.05, 0) is 5.82 Å². The largest absolute Gasteiger partial charge is 0.302 e. The Morgan fingerprint density at radius 3 is 2.82 bits per heavy atom. The Morgan fingerprint density at radius 1 is 1.73 bits per heavy atom. The Kier molecular flexibility index (Phi) is 2.12. The predicted octanol–water partition coefficient (Wildman–Crippen LogP) is 0.00980. The van der Waals surface area contributed by atoms with Gasteiger partial charge in [0.2, 0.25) is 0 Å². The van der Waals surface area contributed by atoms with Crippen molar-refractivity contribution < 1.29 is 0 Å². The Bertz CT molecular complexity index is 306. The van der Waals surface area contributed by atoms with Gasteiger partial charge in [-0.25, -0.2) is 4.98 Å². The summed E-state index contributed by atoms with van der Waals surface area (Å²) in [7, 11) is 7.18. The first-order valence-corrected chi connectivity index (χ1v) is 3.39. The van der Waals surface area contributed by atoms with Crippen molar-refractivity contribution in [3.8, 4) is 0 Å². The summed E-state index contributed by atoms with van der Waals surface area (Å²) in [5.74, 6) is -0.177. The lowest BCUT2D eigenvalue weighted by Crippen LogP contribution is -2.17. The zero-order chi connectivity index (χ0) is 8.43. The highest BCUT2D eigenvalue weighted by atomic mass is 16.1. The fourth-order valence-electron chi connectivity index (χ4n) is 0.725. The number of aromatic nitrogens is 2. The molecule has 56 valence electrons. The highest BCUT2D eigenvalue weighted by Gasteiger charge is 2.00. The van der Waals surface area contributed by atoms with Crippen LogP contribution in [0.25, 0.3) is 0 Å². The van der Waals surface area contributed by atoms with Crippen LogP contribution in [0.4, 0.5) is 0 Å². The van der Waals surface area contributed by atoms with Gasteiger partial charge >= 0.3 is 0 Å². The van der Waals surface area contributed by atoms with Crippen molar-refractivity contribution in [3.05, 3.63) is 28.4 Å². The molecule has 0 spiro atoms. The summed E-state index contributed by atoms with van der Waals surface area (Å²) in [5, 5.41) is 0. The number of nitrogens with zero attached hydrogens (tertiary/aromatic N) is 2. The SMILES string of the molecule is [B]C(C)c1cc(=O)n(C)cn1. The Balaban J connectivity index is 3.16. The van der Waals surface area contributed by atoms with Crippen LogP contribution in [0.1, 0.15) is 18.4 Å². The molecule has 11 heavy (non-hydrogen) atoms. The number of aryl methyl sites for hydroxylation is 1. The van der Waals surface area contributed by atoms with Crippen LogP contribution in [0.3, 0.4) is 0 Å². The Hall–Kier alpha value is -1.06. The van der Waals surface area contributed by atoms with E-state index in [0.717, 1.165) is 0 Å². The van der Waals surface area contributed by atoms with E-state index in [9.17, 15) is 4.79 Å². The van der Waals surface area contributed by atoms with Crippen molar-refractivity contribution in [1.82, 2.24) is 9.55 Å². The fourth-order valence-corrected chi connectivity index (χ4v) is 0.725. The zero-order valence-electron chi connectivity index (χ0n) is 6.61. The minimum Gasteiger partial charge on any atom is -0.302 e. The molecule has 0 saturated carbocycles. The van der Waals surface area contributed by atoms with Crippen LogP contribution in [-0.4, -0.2) is 17.4 Å². The first kappa shape index (κ1) is 8.05. The summed E-state index contributed by atoms with van der Waals surface area (Å²) < 4.78 is 1.41. The molecule has 1 atom stereocenters. The van der Waals surface area contributed by atoms with Crippen molar-refractivity contribution >= 4 is 7.85 Å². The van der Waals surface area contributed by atoms with Crippen molar-refractivity contribution in [2.75, 3.05) is 0 Å². The van der Waals surface area contributed by atoms with Gasteiger partial charge in [0.15, 0.2) is 0 Å². The second kappa shape index (κ2) is 2.90. The molecular formula is C7H9BN2O. The van der Waals surface area contributed by atoms with Gasteiger partial charge in [-0.15, -0.1) is 0 Å². The molecule has 3 nitrogen and oxygen atoms in total. The molecule has 1 rings (SSSR count). The molecule has 1 aromatic rings. The van der Waals surface area contributed by atoms with E-state index in [0.29, 0.717) is 5.69 Å². The smallest absolute Gasteiger partial charge is 0.253 e. The van der Waals surface area contributed by atoms with Crippen molar-refractivity contribution in [1.29, 1.82) is 0 Å². The molecule has 0 aliphatic rings. The van der Waals surface area contributed by atoms with Crippen molar-refractivity contribution in [2.45, 2.75) is 12.7 Å². The van der Waals surface area contributed by atoms with E-state index < -0.39 is 0 Å². The van der Waals surface area contributed by atoms with E-state index in [2.05, 4.69) is 4.98 Å². The molecule has 0 aliphatic carbocycles. The Morgan fingerprint density at radius 2 is 2.36 bits per heavy atom. The average molecular weight is 148 g/mol. The van der Waals surface area contributed by atoms with Crippen LogP contribution in [0.15, 0.2) is 17.2 Å². The summed E-state index contributed by atoms with van der Waals surface area (Å²) in [6.45, 7) is 1.79. The lowest BCUT2D eigenvalue weighted by atomic mass is 9.86. The van der Waals surface area contributed by atoms with Gasteiger partial charge < -0.3 is 4.57 Å². The molecule has 4 heteroatoms. The first-order valence-electron chi connectivity index (χ1n) is 3.39. The maximum Gasteiger partial charge on any atom is 0.253 e. The third-order valence-electron chi connectivity index (χ3n) is 1.47. The maximum atomic E-state index is 11.0. The molecule has 0 N–H and O–H groups in total. The topological polar surface area (TPSA) is 34.9 Å². The van der Waals surface area contributed by atoms with E-state index in [1.165, 1.54) is 17.0 Å². The lowest BCUT2D eigenvalue weighted by Gasteiger charge is -2.03. The van der Waals surface area contributed by atoms with E-state index in [1.54, 1.807) is 14.0 Å². The number of hydrogen-bond donors (Lipinski definition) is 0. The highest BCUT2D eigenvalue weighted by molar-refractivity contribution is 6.11. The van der Waals surface area contributed by atoms with Crippen molar-refractivity contribution in [2.24, 2.45) is 7.05 Å². The van der Waals surface area contributed by atoms with Gasteiger partial charge in [0.05, 0.1) is 14.2 Å². The van der Waals surface area contributed by atoms with E-state index >= 15 is 0 Å². The third kappa shape index (κ3) is 1.70. The molecule has 1 unspecified atom stereocenters. The van der Waals surface area contributed by atoms with E-state index in [-0.39, 0.29) is 11.4 Å². The molecular weight excluding hydrogens is 139 g/mol. The van der Waals surface area contributed by atoms with Crippen LogP contribution < -0.4 is 5.56 Å². The van der Waals surface area contributed by atoms with Gasteiger partial charge in [0, 0.05) is 18.8 Å². The molecule has 1 heterocycles. The summed E-state index contributed by atoms with van der Waals surface area (Å²) in [6.07, 6.45) is 1.47. The summed E-state index contributed by atoms with van der Waals surface area (Å²) >= 11 is 0. The average Bonchev–Trinajstić information content (AvgIpc) is 1.94. The second-order valence-corrected chi connectivity index (χ2v) is 2.55. The van der Waals surface area contributed by atoms with E-state index in [4.69, 9.17) is 7.85 Å². The molecule has 1 aromatic heterocycles. The minimum absolute atomic E-state index is 0.0766. The van der Waals surface area contributed by atoms with Gasteiger partial charge in [0.25, 0.3) is 5.56 Å². The van der Waals surface area contributed by atoms with Gasteiger partial charge in [-0.3, -0.25) is 4.79 Å². The fraction of sp³-hybridized carbons (Fsp3) is 0.429. The molecule has 0 amide bonds. The minimum atomic E-state index is -0.177. The van der Waals surface area contributed by atoms with Crippen LogP contribution >= 0.6 is 0 Å². The molecule has 2 radical (unpaired) electrons. The van der Waals surface area contributed by atoms with Crippen LogP contribution in [0.2, 0.25) is 0 Å². The number of hydrogen-bond acceptors (Lipinski definition) is 2. The van der Waals surface area contributed by atoms with E-state index in [1.807, 2.05) is 0 Å². The van der Waals surface area contributed by atoms with Crippen LogP contribution in [-0.2, 0) is 7.05 Å². The summed E-state index contributed by atoms with van der Waals surface area (Å²) in [6, 6.07) is 1.45. The van der Waals surface area contributed by atoms with Gasteiger partial charge in [-0.1, -0.05) is 6.92 Å². The zero-order valence-corrected chi connectivity index (χ0v) is 6.61. The summed E-state index contributed by atoms with van der Waals surface area (Å²) in [4.78, 5) is 15.0. The molecule has 0 saturated heterocycles. The van der Waals surface area contributed by atoms with Crippen molar-refractivity contribution in [3.63, 3.8) is 0 Å². The monoisotopic (exact) mass is 148 g/mol. The number of rotatable bonds is 1. The summed E-state index contributed by atoms with van der Waals surface area (Å²) in [5.41, 5.74) is 0.556. The standard InChI is InChI=1S/C7H9BN2O/c1-5(8)6-3-7(11)10(2)4-9-6/h3-5H,1-2H3. The van der Waals surface area contributed by atoms with Crippen LogP contribution in [0.5, 0.6) is 0 Å². The quantitative estimate of drug-likeness (QED) is 0.525. The first-order chi connectivity index (χ1) is 5.11.